The maximum atomic E-state index is 13.9. The van der Waals surface area contributed by atoms with Crippen molar-refractivity contribution in [1.82, 2.24) is 10.3 Å². The van der Waals surface area contributed by atoms with Crippen LogP contribution in [0.15, 0.2) is 60.8 Å². The predicted molar refractivity (Wildman–Crippen MR) is 118 cm³/mol. The summed E-state index contributed by atoms with van der Waals surface area (Å²) in [5.41, 5.74) is 1.54. The van der Waals surface area contributed by atoms with Crippen molar-refractivity contribution in [3.63, 3.8) is 0 Å². The van der Waals surface area contributed by atoms with Crippen LogP contribution in [0.4, 0.5) is 10.2 Å². The Morgan fingerprint density at radius 3 is 2.83 bits per heavy atom. The highest BCUT2D eigenvalue weighted by molar-refractivity contribution is 7.16. The van der Waals surface area contributed by atoms with E-state index in [-0.39, 0.29) is 11.7 Å². The monoisotopic (exact) mass is 423 g/mol. The van der Waals surface area contributed by atoms with Gasteiger partial charge in [-0.25, -0.2) is 9.37 Å². The number of rotatable bonds is 6. The van der Waals surface area contributed by atoms with E-state index in [1.807, 2.05) is 30.3 Å². The summed E-state index contributed by atoms with van der Waals surface area (Å²) in [4.78, 5) is 20.7. The molecule has 0 bridgehead atoms. The van der Waals surface area contributed by atoms with E-state index < -0.39 is 0 Å². The van der Waals surface area contributed by atoms with Crippen LogP contribution in [-0.4, -0.2) is 37.2 Å². The number of aromatic nitrogens is 1. The lowest BCUT2D eigenvalue weighted by Crippen LogP contribution is -2.37. The SMILES string of the molecule is O=C(/C=C/c1ccc(-c2ccccc2F)s1)NCc1cccnc1N1CCOCC1. The highest BCUT2D eigenvalue weighted by Gasteiger charge is 2.15. The molecule has 1 aliphatic heterocycles. The summed E-state index contributed by atoms with van der Waals surface area (Å²) in [5.74, 6) is 0.450. The van der Waals surface area contributed by atoms with Crippen LogP contribution in [0.5, 0.6) is 0 Å². The zero-order chi connectivity index (χ0) is 20.8. The molecular formula is C23H22FN3O2S. The molecule has 30 heavy (non-hydrogen) atoms. The van der Waals surface area contributed by atoms with E-state index in [1.54, 1.807) is 24.4 Å². The van der Waals surface area contributed by atoms with E-state index in [0.29, 0.717) is 25.3 Å². The molecule has 7 heteroatoms. The topological polar surface area (TPSA) is 54.5 Å². The van der Waals surface area contributed by atoms with Crippen molar-refractivity contribution >= 4 is 29.1 Å². The Morgan fingerprint density at radius 1 is 1.17 bits per heavy atom. The van der Waals surface area contributed by atoms with Crippen molar-refractivity contribution < 1.29 is 13.9 Å². The van der Waals surface area contributed by atoms with Gasteiger partial charge in [-0.3, -0.25) is 4.79 Å². The van der Waals surface area contributed by atoms with Crippen LogP contribution in [0.2, 0.25) is 0 Å². The molecule has 1 N–H and O–H groups in total. The third kappa shape index (κ3) is 4.93. The summed E-state index contributed by atoms with van der Waals surface area (Å²) in [6.45, 7) is 3.34. The number of hydrogen-bond acceptors (Lipinski definition) is 5. The van der Waals surface area contributed by atoms with Crippen molar-refractivity contribution in [3.8, 4) is 10.4 Å². The van der Waals surface area contributed by atoms with E-state index in [9.17, 15) is 9.18 Å². The molecule has 4 rings (SSSR count). The Kier molecular flexibility index (Phi) is 6.51. The van der Waals surface area contributed by atoms with Gasteiger partial charge in [-0.2, -0.15) is 0 Å². The molecule has 3 aromatic rings. The van der Waals surface area contributed by atoms with Gasteiger partial charge in [-0.05, 0) is 30.3 Å². The van der Waals surface area contributed by atoms with Gasteiger partial charge in [0.1, 0.15) is 11.6 Å². The second-order valence-electron chi connectivity index (χ2n) is 6.82. The molecule has 1 aromatic carbocycles. The molecule has 0 aliphatic carbocycles. The number of carbonyl (C=O) groups excluding carboxylic acids is 1. The zero-order valence-electron chi connectivity index (χ0n) is 16.4. The normalized spacial score (nSPS) is 14.2. The van der Waals surface area contributed by atoms with Gasteiger partial charge < -0.3 is 15.0 Å². The molecule has 1 aliphatic rings. The number of nitrogens with zero attached hydrogens (tertiary/aromatic N) is 2. The minimum atomic E-state index is -0.250. The molecule has 5 nitrogen and oxygen atoms in total. The fraction of sp³-hybridized carbons (Fsp3) is 0.217. The highest BCUT2D eigenvalue weighted by atomic mass is 32.1. The third-order valence-electron chi connectivity index (χ3n) is 4.80. The molecule has 154 valence electrons. The fourth-order valence-corrected chi connectivity index (χ4v) is 4.21. The minimum absolute atomic E-state index is 0.187. The second kappa shape index (κ2) is 9.65. The van der Waals surface area contributed by atoms with Crippen LogP contribution in [0.25, 0.3) is 16.5 Å². The van der Waals surface area contributed by atoms with Crippen LogP contribution in [-0.2, 0) is 16.1 Å². The van der Waals surface area contributed by atoms with Gasteiger partial charge in [-0.15, -0.1) is 11.3 Å². The van der Waals surface area contributed by atoms with Gasteiger partial charge in [0, 0.05) is 52.8 Å². The molecule has 1 amide bonds. The quantitative estimate of drug-likeness (QED) is 0.606. The summed E-state index contributed by atoms with van der Waals surface area (Å²) in [6.07, 6.45) is 5.01. The second-order valence-corrected chi connectivity index (χ2v) is 7.93. The fourth-order valence-electron chi connectivity index (χ4n) is 3.28. The van der Waals surface area contributed by atoms with E-state index in [0.717, 1.165) is 34.2 Å². The molecule has 1 saturated heterocycles. The summed E-state index contributed by atoms with van der Waals surface area (Å²) in [6, 6.07) is 14.3. The number of anilines is 1. The Morgan fingerprint density at radius 2 is 2.00 bits per heavy atom. The lowest BCUT2D eigenvalue weighted by Gasteiger charge is -2.29. The van der Waals surface area contributed by atoms with Crippen molar-refractivity contribution in [2.45, 2.75) is 6.54 Å². The Labute approximate surface area is 178 Å². The zero-order valence-corrected chi connectivity index (χ0v) is 17.2. The van der Waals surface area contributed by atoms with Crippen molar-refractivity contribution in [3.05, 3.63) is 77.1 Å². The molecule has 0 radical (unpaired) electrons. The van der Waals surface area contributed by atoms with Crippen LogP contribution in [0.3, 0.4) is 0 Å². The van der Waals surface area contributed by atoms with Gasteiger partial charge in [0.2, 0.25) is 5.91 Å². The summed E-state index contributed by atoms with van der Waals surface area (Å²) in [5, 5.41) is 2.92. The smallest absolute Gasteiger partial charge is 0.244 e. The standard InChI is InChI=1S/C23H22FN3O2S/c24-20-6-2-1-5-19(20)21-9-7-18(30-21)8-10-22(28)26-16-17-4-3-11-25-23(17)27-12-14-29-15-13-27/h1-11H,12-16H2,(H,26,28)/b10-8+. The lowest BCUT2D eigenvalue weighted by molar-refractivity contribution is -0.116. The summed E-state index contributed by atoms with van der Waals surface area (Å²) >= 11 is 1.44. The largest absolute Gasteiger partial charge is 0.378 e. The Bertz CT molecular complexity index is 1040. The molecule has 2 aromatic heterocycles. The highest BCUT2D eigenvalue weighted by Crippen LogP contribution is 2.30. The van der Waals surface area contributed by atoms with Crippen LogP contribution in [0, 0.1) is 5.82 Å². The van der Waals surface area contributed by atoms with Gasteiger partial charge in [-0.1, -0.05) is 24.3 Å². The first-order valence-corrected chi connectivity index (χ1v) is 10.6. The number of hydrogen-bond donors (Lipinski definition) is 1. The van der Waals surface area contributed by atoms with Crippen LogP contribution < -0.4 is 10.2 Å². The van der Waals surface area contributed by atoms with E-state index in [1.165, 1.54) is 23.5 Å². The summed E-state index contributed by atoms with van der Waals surface area (Å²) in [7, 11) is 0. The number of morpholine rings is 1. The number of pyridine rings is 1. The third-order valence-corrected chi connectivity index (χ3v) is 5.88. The Balaban J connectivity index is 1.37. The molecule has 0 spiro atoms. The van der Waals surface area contributed by atoms with E-state index in [4.69, 9.17) is 4.74 Å². The molecule has 3 heterocycles. The molecule has 0 unspecified atom stereocenters. The first kappa shape index (κ1) is 20.3. The van der Waals surface area contributed by atoms with Crippen LogP contribution in [0.1, 0.15) is 10.4 Å². The number of ether oxygens (including phenoxy) is 1. The number of nitrogens with one attached hydrogen (secondary N) is 1. The Hall–Kier alpha value is -3.03. The number of halogens is 1. The van der Waals surface area contributed by atoms with E-state index >= 15 is 0 Å². The molecule has 1 fully saturated rings. The van der Waals surface area contributed by atoms with Gasteiger partial charge >= 0.3 is 0 Å². The molecule has 0 atom stereocenters. The maximum absolute atomic E-state index is 13.9. The first-order valence-electron chi connectivity index (χ1n) is 9.78. The summed E-state index contributed by atoms with van der Waals surface area (Å²) < 4.78 is 19.3. The molecule has 0 saturated carbocycles. The number of benzene rings is 1. The number of amides is 1. The average molecular weight is 424 g/mol. The molecular weight excluding hydrogens is 401 g/mol. The van der Waals surface area contributed by atoms with Crippen molar-refractivity contribution in [2.24, 2.45) is 0 Å². The van der Waals surface area contributed by atoms with Crippen LogP contribution >= 0.6 is 11.3 Å². The average Bonchev–Trinajstić information content (AvgIpc) is 3.26. The predicted octanol–water partition coefficient (Wildman–Crippen LogP) is 4.12. The van der Waals surface area contributed by atoms with Crippen molar-refractivity contribution in [2.75, 3.05) is 31.2 Å². The minimum Gasteiger partial charge on any atom is -0.378 e. The maximum Gasteiger partial charge on any atom is 0.244 e. The first-order chi connectivity index (χ1) is 14.7. The number of carbonyl (C=O) groups is 1. The van der Waals surface area contributed by atoms with Gasteiger partial charge in [0.05, 0.1) is 13.2 Å². The number of thiophene rings is 1. The van der Waals surface area contributed by atoms with Gasteiger partial charge in [0.25, 0.3) is 0 Å². The van der Waals surface area contributed by atoms with Crippen molar-refractivity contribution in [1.29, 1.82) is 0 Å². The van der Waals surface area contributed by atoms with Gasteiger partial charge in [0.15, 0.2) is 0 Å². The lowest BCUT2D eigenvalue weighted by atomic mass is 10.2. The van der Waals surface area contributed by atoms with E-state index in [2.05, 4.69) is 15.2 Å².